The van der Waals surface area contributed by atoms with E-state index in [-0.39, 0.29) is 30.1 Å². The summed E-state index contributed by atoms with van der Waals surface area (Å²) in [7, 11) is 1.83. The first-order valence-electron chi connectivity index (χ1n) is 13.9. The Morgan fingerprint density at radius 2 is 1.98 bits per heavy atom. The number of aliphatic hydroxyl groups is 1. The van der Waals surface area contributed by atoms with Crippen LogP contribution in [0.5, 0.6) is 5.75 Å². The normalized spacial score (nSPS) is 16.6. The van der Waals surface area contributed by atoms with E-state index in [1.54, 1.807) is 23.9 Å². The SMILES string of the molecule is CC(=O)N1CCC(Nc2cc(C(=O)NC[C@H](O)CN3CCc4cc(OCc5cnnn5C)ccc4C3)ncn2)CC1. The molecule has 4 heterocycles. The van der Waals surface area contributed by atoms with Crippen LogP contribution in [0.25, 0.3) is 0 Å². The number of rotatable bonds is 10. The van der Waals surface area contributed by atoms with Crippen LogP contribution in [0.15, 0.2) is 36.8 Å². The van der Waals surface area contributed by atoms with Gasteiger partial charge in [0.1, 0.15) is 30.2 Å². The summed E-state index contributed by atoms with van der Waals surface area (Å²) in [4.78, 5) is 36.6. The van der Waals surface area contributed by atoms with Crippen LogP contribution < -0.4 is 15.4 Å². The summed E-state index contributed by atoms with van der Waals surface area (Å²) in [6.07, 6.45) is 4.81. The maximum Gasteiger partial charge on any atom is 0.270 e. The maximum atomic E-state index is 12.7. The van der Waals surface area contributed by atoms with Gasteiger partial charge in [-0.1, -0.05) is 11.3 Å². The predicted molar refractivity (Wildman–Crippen MR) is 150 cm³/mol. The molecule has 2 aliphatic rings. The predicted octanol–water partition coefficient (Wildman–Crippen LogP) is 0.756. The van der Waals surface area contributed by atoms with E-state index in [1.165, 1.54) is 17.5 Å². The van der Waals surface area contributed by atoms with Gasteiger partial charge in [0.05, 0.1) is 18.0 Å². The van der Waals surface area contributed by atoms with Gasteiger partial charge in [0, 0.05) is 65.3 Å². The highest BCUT2D eigenvalue weighted by molar-refractivity contribution is 5.92. The first-order valence-corrected chi connectivity index (χ1v) is 13.9. The van der Waals surface area contributed by atoms with Gasteiger partial charge in [-0.15, -0.1) is 5.10 Å². The molecule has 0 bridgehead atoms. The van der Waals surface area contributed by atoms with Crippen molar-refractivity contribution in [3.63, 3.8) is 0 Å². The topological polar surface area (TPSA) is 151 Å². The molecule has 13 heteroatoms. The highest BCUT2D eigenvalue weighted by atomic mass is 16.5. The Labute approximate surface area is 238 Å². The number of nitrogens with one attached hydrogen (secondary N) is 2. The van der Waals surface area contributed by atoms with Crippen molar-refractivity contribution < 1.29 is 19.4 Å². The summed E-state index contributed by atoms with van der Waals surface area (Å²) in [6.45, 7) is 5.48. The van der Waals surface area contributed by atoms with Gasteiger partial charge in [-0.3, -0.25) is 14.5 Å². The molecule has 1 fully saturated rings. The molecular weight excluding hydrogens is 526 g/mol. The number of benzene rings is 1. The first kappa shape index (κ1) is 28.4. The van der Waals surface area contributed by atoms with E-state index in [0.29, 0.717) is 32.1 Å². The average molecular weight is 564 g/mol. The number of anilines is 1. The van der Waals surface area contributed by atoms with E-state index < -0.39 is 6.10 Å². The van der Waals surface area contributed by atoms with Crippen molar-refractivity contribution in [2.75, 3.05) is 38.0 Å². The molecule has 2 aliphatic heterocycles. The molecule has 1 saturated heterocycles. The lowest BCUT2D eigenvalue weighted by Crippen LogP contribution is -2.42. The number of likely N-dealkylation sites (tertiary alicyclic amines) is 1. The molecule has 1 atom stereocenters. The van der Waals surface area contributed by atoms with Crippen molar-refractivity contribution in [2.24, 2.45) is 7.05 Å². The van der Waals surface area contributed by atoms with Gasteiger partial charge < -0.3 is 25.4 Å². The molecule has 3 N–H and O–H groups in total. The quantitative estimate of drug-likeness (QED) is 0.322. The number of carbonyl (C=O) groups is 2. The van der Waals surface area contributed by atoms with Crippen molar-refractivity contribution in [2.45, 2.75) is 51.5 Å². The van der Waals surface area contributed by atoms with Crippen LogP contribution >= 0.6 is 0 Å². The second-order valence-corrected chi connectivity index (χ2v) is 10.6. The molecule has 0 aliphatic carbocycles. The molecule has 41 heavy (non-hydrogen) atoms. The summed E-state index contributed by atoms with van der Waals surface area (Å²) >= 11 is 0. The van der Waals surface area contributed by atoms with E-state index in [1.807, 2.05) is 18.0 Å². The number of carbonyl (C=O) groups excluding carboxylic acids is 2. The highest BCUT2D eigenvalue weighted by Crippen LogP contribution is 2.24. The van der Waals surface area contributed by atoms with Gasteiger partial charge in [-0.2, -0.15) is 0 Å². The summed E-state index contributed by atoms with van der Waals surface area (Å²) in [6, 6.07) is 7.90. The molecule has 218 valence electrons. The number of aromatic nitrogens is 5. The summed E-state index contributed by atoms with van der Waals surface area (Å²) in [5.74, 6) is 1.11. The minimum Gasteiger partial charge on any atom is -0.487 e. The molecule has 0 saturated carbocycles. The number of hydrogen-bond donors (Lipinski definition) is 3. The van der Waals surface area contributed by atoms with Gasteiger partial charge in [0.25, 0.3) is 5.91 Å². The van der Waals surface area contributed by atoms with E-state index in [0.717, 1.165) is 43.8 Å². The minimum atomic E-state index is -0.721. The van der Waals surface area contributed by atoms with Crippen molar-refractivity contribution >= 4 is 17.6 Å². The van der Waals surface area contributed by atoms with Crippen molar-refractivity contribution in [3.05, 3.63) is 59.3 Å². The molecule has 2 amide bonds. The highest BCUT2D eigenvalue weighted by Gasteiger charge is 2.22. The Balaban J connectivity index is 1.05. The minimum absolute atomic E-state index is 0.0899. The van der Waals surface area contributed by atoms with Crippen molar-refractivity contribution in [3.8, 4) is 5.75 Å². The van der Waals surface area contributed by atoms with E-state index >= 15 is 0 Å². The summed E-state index contributed by atoms with van der Waals surface area (Å²) < 4.78 is 7.61. The smallest absolute Gasteiger partial charge is 0.270 e. The summed E-state index contributed by atoms with van der Waals surface area (Å²) in [5, 5.41) is 24.6. The zero-order valence-electron chi connectivity index (χ0n) is 23.5. The van der Waals surface area contributed by atoms with Gasteiger partial charge in [0.2, 0.25) is 5.91 Å². The number of β-amino-alcohol motifs (C(OH)–C–C–N with tert-alkyl or cyclic N) is 1. The first-order chi connectivity index (χ1) is 19.8. The molecule has 0 unspecified atom stereocenters. The maximum absolute atomic E-state index is 12.7. The number of piperidine rings is 1. The van der Waals surface area contributed by atoms with Gasteiger partial charge in [-0.05, 0) is 42.5 Å². The Morgan fingerprint density at radius 3 is 2.73 bits per heavy atom. The molecule has 2 aromatic heterocycles. The summed E-state index contributed by atoms with van der Waals surface area (Å²) in [5.41, 5.74) is 3.58. The average Bonchev–Trinajstić information content (AvgIpc) is 3.39. The second-order valence-electron chi connectivity index (χ2n) is 10.6. The van der Waals surface area contributed by atoms with Crippen LogP contribution in [-0.2, 0) is 31.4 Å². The number of amides is 2. The lowest BCUT2D eigenvalue weighted by molar-refractivity contribution is -0.129. The second kappa shape index (κ2) is 13.0. The Morgan fingerprint density at radius 1 is 1.15 bits per heavy atom. The van der Waals surface area contributed by atoms with Crippen LogP contribution in [0.2, 0.25) is 0 Å². The number of hydrogen-bond acceptors (Lipinski definition) is 10. The monoisotopic (exact) mass is 563 g/mol. The van der Waals surface area contributed by atoms with Crippen LogP contribution in [0.4, 0.5) is 5.82 Å². The van der Waals surface area contributed by atoms with Gasteiger partial charge in [0.15, 0.2) is 0 Å². The Bertz CT molecular complexity index is 1360. The zero-order chi connectivity index (χ0) is 28.8. The standard InChI is InChI=1S/C28H37N9O4/c1-19(38)37-9-6-22(7-10-37)33-27-12-26(30-18-31-27)28(40)29-14-24(39)16-36-8-5-20-11-25(4-3-21(20)15-36)41-17-23-13-32-34-35(23)2/h3-4,11-13,18,22,24,39H,5-10,14-17H2,1-2H3,(H,29,40)(H,30,31,33)/t24-/m0/s1. The number of aryl methyl sites for hydroxylation is 1. The third-order valence-electron chi connectivity index (χ3n) is 7.62. The molecule has 1 aromatic carbocycles. The number of fused-ring (bicyclic) bond motifs is 1. The molecule has 5 rings (SSSR count). The van der Waals surface area contributed by atoms with Crippen LogP contribution in [0, 0.1) is 0 Å². The molecule has 0 spiro atoms. The van der Waals surface area contributed by atoms with Gasteiger partial charge >= 0.3 is 0 Å². The fourth-order valence-electron chi connectivity index (χ4n) is 5.20. The number of ether oxygens (including phenoxy) is 1. The van der Waals surface area contributed by atoms with Gasteiger partial charge in [-0.25, -0.2) is 14.6 Å². The van der Waals surface area contributed by atoms with Crippen LogP contribution in [0.1, 0.15) is 47.1 Å². The Kier molecular flexibility index (Phi) is 9.04. The van der Waals surface area contributed by atoms with E-state index in [9.17, 15) is 14.7 Å². The van der Waals surface area contributed by atoms with Crippen molar-refractivity contribution in [1.29, 1.82) is 0 Å². The third kappa shape index (κ3) is 7.55. The molecule has 0 radical (unpaired) electrons. The number of nitrogens with zero attached hydrogens (tertiary/aromatic N) is 7. The molecule has 13 nitrogen and oxygen atoms in total. The van der Waals surface area contributed by atoms with E-state index in [4.69, 9.17) is 4.74 Å². The third-order valence-corrected chi connectivity index (χ3v) is 7.62. The Hall–Kier alpha value is -4.10. The van der Waals surface area contributed by atoms with Crippen molar-refractivity contribution in [1.82, 2.24) is 40.1 Å². The molecular formula is C28H37N9O4. The lowest BCUT2D eigenvalue weighted by atomic mass is 9.99. The van der Waals surface area contributed by atoms with Crippen LogP contribution in [0.3, 0.4) is 0 Å². The van der Waals surface area contributed by atoms with E-state index in [2.05, 4.69) is 47.9 Å². The lowest BCUT2D eigenvalue weighted by Gasteiger charge is -2.31. The number of aliphatic hydroxyl groups excluding tert-OH is 1. The largest absolute Gasteiger partial charge is 0.487 e. The zero-order valence-corrected chi connectivity index (χ0v) is 23.5. The van der Waals surface area contributed by atoms with Crippen LogP contribution in [-0.4, -0.2) is 96.6 Å². The fourth-order valence-corrected chi connectivity index (χ4v) is 5.20. The fraction of sp³-hybridized carbons (Fsp3) is 0.500. The molecule has 3 aromatic rings.